The van der Waals surface area contributed by atoms with Crippen molar-refractivity contribution in [1.82, 2.24) is 16.2 Å². The Kier molecular flexibility index (Phi) is 7.96. The highest BCUT2D eigenvalue weighted by atomic mass is 32.1. The van der Waals surface area contributed by atoms with Crippen LogP contribution in [0.3, 0.4) is 0 Å². The number of rotatable bonds is 7. The minimum absolute atomic E-state index is 0.137. The van der Waals surface area contributed by atoms with E-state index in [1.807, 2.05) is 24.3 Å². The lowest BCUT2D eigenvalue weighted by Crippen LogP contribution is -2.48. The van der Waals surface area contributed by atoms with Crippen LogP contribution in [0.4, 0.5) is 5.69 Å². The molecule has 7 heteroatoms. The van der Waals surface area contributed by atoms with Crippen molar-refractivity contribution in [2.45, 2.75) is 19.8 Å². The molecule has 0 heterocycles. The summed E-state index contributed by atoms with van der Waals surface area (Å²) in [7, 11) is 1.60. The zero-order valence-corrected chi connectivity index (χ0v) is 13.2. The summed E-state index contributed by atoms with van der Waals surface area (Å²) >= 11 is 5.02. The van der Waals surface area contributed by atoms with E-state index in [2.05, 4.69) is 28.4 Å². The van der Waals surface area contributed by atoms with Crippen LogP contribution in [0.25, 0.3) is 0 Å². The molecule has 1 rings (SSSR count). The fourth-order valence-electron chi connectivity index (χ4n) is 1.51. The van der Waals surface area contributed by atoms with Crippen molar-refractivity contribution < 1.29 is 9.53 Å². The van der Waals surface area contributed by atoms with E-state index in [4.69, 9.17) is 17.0 Å². The first kappa shape index (κ1) is 17.0. The highest BCUT2D eigenvalue weighted by Gasteiger charge is 2.02. The highest BCUT2D eigenvalue weighted by Crippen LogP contribution is 2.16. The van der Waals surface area contributed by atoms with Crippen molar-refractivity contribution in [2.24, 2.45) is 0 Å². The van der Waals surface area contributed by atoms with Gasteiger partial charge in [0.05, 0.1) is 13.7 Å². The van der Waals surface area contributed by atoms with Gasteiger partial charge in [-0.2, -0.15) is 0 Å². The summed E-state index contributed by atoms with van der Waals surface area (Å²) in [5, 5.41) is 6.41. The van der Waals surface area contributed by atoms with Crippen LogP contribution in [0.5, 0.6) is 5.75 Å². The van der Waals surface area contributed by atoms with Gasteiger partial charge in [-0.05, 0) is 30.8 Å². The number of benzene rings is 1. The Bertz CT molecular complexity index is 468. The monoisotopic (exact) mass is 310 g/mol. The number of hydrazine groups is 1. The fraction of sp³-hybridized carbons (Fsp3) is 0.429. The van der Waals surface area contributed by atoms with Gasteiger partial charge >= 0.3 is 0 Å². The van der Waals surface area contributed by atoms with E-state index in [-0.39, 0.29) is 12.5 Å². The number of carbonyl (C=O) groups is 1. The molecule has 0 spiro atoms. The summed E-state index contributed by atoms with van der Waals surface area (Å²) < 4.78 is 5.11. The maximum Gasteiger partial charge on any atom is 0.257 e. The van der Waals surface area contributed by atoms with E-state index in [0.29, 0.717) is 5.11 Å². The van der Waals surface area contributed by atoms with Crippen LogP contribution >= 0.6 is 12.2 Å². The number of amides is 1. The van der Waals surface area contributed by atoms with Crippen LogP contribution in [0.15, 0.2) is 24.3 Å². The van der Waals surface area contributed by atoms with Crippen LogP contribution < -0.4 is 26.2 Å². The molecule has 1 amide bonds. The Morgan fingerprint density at radius 1 is 1.33 bits per heavy atom. The molecular weight excluding hydrogens is 288 g/mol. The average molecular weight is 310 g/mol. The molecule has 0 atom stereocenters. The lowest BCUT2D eigenvalue weighted by atomic mass is 10.3. The second-order valence-corrected chi connectivity index (χ2v) is 4.78. The predicted octanol–water partition coefficient (Wildman–Crippen LogP) is 1.40. The summed E-state index contributed by atoms with van der Waals surface area (Å²) in [5.41, 5.74) is 5.99. The Hall–Kier alpha value is -2.02. The maximum absolute atomic E-state index is 11.7. The van der Waals surface area contributed by atoms with Crippen LogP contribution in [-0.2, 0) is 4.79 Å². The van der Waals surface area contributed by atoms with Crippen molar-refractivity contribution >= 4 is 28.9 Å². The molecule has 0 fully saturated rings. The summed E-state index contributed by atoms with van der Waals surface area (Å²) in [5.74, 6) is 0.525. The van der Waals surface area contributed by atoms with Gasteiger partial charge in [0.25, 0.3) is 5.91 Å². The molecule has 0 aromatic heterocycles. The SMILES string of the molecule is CCCCNC(=S)NNC(=O)CNc1cccc(OC)c1. The van der Waals surface area contributed by atoms with Crippen LogP contribution in [0.1, 0.15) is 19.8 Å². The van der Waals surface area contributed by atoms with Gasteiger partial charge < -0.3 is 15.4 Å². The van der Waals surface area contributed by atoms with E-state index < -0.39 is 0 Å². The van der Waals surface area contributed by atoms with Crippen molar-refractivity contribution in [3.8, 4) is 5.75 Å². The first-order chi connectivity index (χ1) is 10.2. The number of hydrogen-bond donors (Lipinski definition) is 4. The zero-order chi connectivity index (χ0) is 15.5. The number of ether oxygens (including phenoxy) is 1. The molecule has 1 aromatic rings. The standard InChI is InChI=1S/C14H22N4O2S/c1-3-4-8-15-14(21)18-17-13(19)10-16-11-6-5-7-12(9-11)20-2/h5-7,9,16H,3-4,8,10H2,1-2H3,(H,17,19)(H2,15,18,21). The van der Waals surface area contributed by atoms with Gasteiger partial charge in [-0.3, -0.25) is 15.6 Å². The third kappa shape index (κ3) is 7.36. The molecule has 116 valence electrons. The first-order valence-electron chi connectivity index (χ1n) is 6.86. The molecule has 0 saturated carbocycles. The number of hydrogen-bond acceptors (Lipinski definition) is 4. The molecule has 21 heavy (non-hydrogen) atoms. The molecule has 0 aliphatic heterocycles. The predicted molar refractivity (Wildman–Crippen MR) is 88.3 cm³/mol. The van der Waals surface area contributed by atoms with E-state index in [1.165, 1.54) is 0 Å². The minimum atomic E-state index is -0.211. The summed E-state index contributed by atoms with van der Waals surface area (Å²) in [4.78, 5) is 11.7. The van der Waals surface area contributed by atoms with Gasteiger partial charge in [0.15, 0.2) is 5.11 Å². The van der Waals surface area contributed by atoms with Gasteiger partial charge in [-0.1, -0.05) is 19.4 Å². The van der Waals surface area contributed by atoms with Gasteiger partial charge in [-0.25, -0.2) is 0 Å². The van der Waals surface area contributed by atoms with Crippen LogP contribution in [0, 0.1) is 0 Å². The number of nitrogens with one attached hydrogen (secondary N) is 4. The number of unbranched alkanes of at least 4 members (excludes halogenated alkanes) is 1. The highest BCUT2D eigenvalue weighted by molar-refractivity contribution is 7.80. The Morgan fingerprint density at radius 3 is 2.86 bits per heavy atom. The number of anilines is 1. The summed E-state index contributed by atoms with van der Waals surface area (Å²) in [6.07, 6.45) is 2.12. The minimum Gasteiger partial charge on any atom is -0.497 e. The molecule has 0 aliphatic rings. The third-order valence-corrected chi connectivity index (χ3v) is 2.90. The van der Waals surface area contributed by atoms with Crippen molar-refractivity contribution in [1.29, 1.82) is 0 Å². The molecule has 0 unspecified atom stereocenters. The molecule has 0 aliphatic carbocycles. The van der Waals surface area contributed by atoms with Gasteiger partial charge in [-0.15, -0.1) is 0 Å². The van der Waals surface area contributed by atoms with Crippen molar-refractivity contribution in [3.63, 3.8) is 0 Å². The molecule has 0 bridgehead atoms. The lowest BCUT2D eigenvalue weighted by molar-refractivity contribution is -0.119. The van der Waals surface area contributed by atoms with E-state index in [9.17, 15) is 4.79 Å². The lowest BCUT2D eigenvalue weighted by Gasteiger charge is -2.12. The second kappa shape index (κ2) is 9.82. The molecule has 0 radical (unpaired) electrons. The number of thiocarbonyl (C=S) groups is 1. The average Bonchev–Trinajstić information content (AvgIpc) is 2.51. The molecule has 4 N–H and O–H groups in total. The molecule has 6 nitrogen and oxygen atoms in total. The van der Waals surface area contributed by atoms with E-state index >= 15 is 0 Å². The molecule has 1 aromatic carbocycles. The summed E-state index contributed by atoms with van der Waals surface area (Å²) in [6.45, 7) is 3.03. The Morgan fingerprint density at radius 2 is 2.14 bits per heavy atom. The van der Waals surface area contributed by atoms with E-state index in [1.54, 1.807) is 7.11 Å². The normalized spacial score (nSPS) is 9.62. The quantitative estimate of drug-likeness (QED) is 0.347. The number of carbonyl (C=O) groups excluding carboxylic acids is 1. The first-order valence-corrected chi connectivity index (χ1v) is 7.27. The maximum atomic E-state index is 11.7. The number of methoxy groups -OCH3 is 1. The third-order valence-electron chi connectivity index (χ3n) is 2.65. The summed E-state index contributed by atoms with van der Waals surface area (Å²) in [6, 6.07) is 7.37. The van der Waals surface area contributed by atoms with Crippen LogP contribution in [0.2, 0.25) is 0 Å². The van der Waals surface area contributed by atoms with Crippen LogP contribution in [-0.4, -0.2) is 31.2 Å². The van der Waals surface area contributed by atoms with Gasteiger partial charge in [0.2, 0.25) is 0 Å². The molecule has 0 saturated heterocycles. The molecular formula is C14H22N4O2S. The second-order valence-electron chi connectivity index (χ2n) is 4.37. The Labute approximate surface area is 130 Å². The Balaban J connectivity index is 2.23. The topological polar surface area (TPSA) is 74.4 Å². The largest absolute Gasteiger partial charge is 0.497 e. The van der Waals surface area contributed by atoms with Gasteiger partial charge in [0, 0.05) is 18.3 Å². The zero-order valence-electron chi connectivity index (χ0n) is 12.4. The van der Waals surface area contributed by atoms with Crippen molar-refractivity contribution in [2.75, 3.05) is 25.5 Å². The smallest absolute Gasteiger partial charge is 0.257 e. The van der Waals surface area contributed by atoms with Crippen molar-refractivity contribution in [3.05, 3.63) is 24.3 Å². The fourth-order valence-corrected chi connectivity index (χ4v) is 1.66. The van der Waals surface area contributed by atoms with E-state index in [0.717, 1.165) is 30.8 Å². The van der Waals surface area contributed by atoms with Gasteiger partial charge in [0.1, 0.15) is 5.75 Å².